The standard InChI is InChI=1S/C33H29ClN6O3S3/c1-40-29(17-22-7-4-6-21-5-2-3-8-26(21)22)38-39-32(40)44-20-31(42)36-24-11-14-27-28(18-24)46-33(37-27)45-19-30(41)35-15-16-43-25-12-9-23(34)10-13-25/h2-14,18H,15-17,19-20H2,1H3,(H,35,41)(H,36,42). The molecule has 2 heterocycles. The molecule has 46 heavy (non-hydrogen) atoms. The molecule has 0 saturated heterocycles. The van der Waals surface area contributed by atoms with Gasteiger partial charge in [-0.1, -0.05) is 77.6 Å². The normalized spacial score (nSPS) is 11.2. The molecule has 0 atom stereocenters. The summed E-state index contributed by atoms with van der Waals surface area (Å²) in [4.78, 5) is 29.7. The molecule has 6 rings (SSSR count). The molecule has 234 valence electrons. The number of rotatable bonds is 13. The smallest absolute Gasteiger partial charge is 0.234 e. The van der Waals surface area contributed by atoms with Crippen LogP contribution in [0.15, 0.2) is 94.4 Å². The van der Waals surface area contributed by atoms with Crippen LogP contribution in [0.2, 0.25) is 5.02 Å². The Hall–Kier alpha value is -4.10. The Balaban J connectivity index is 0.959. The Bertz CT molecular complexity index is 1990. The van der Waals surface area contributed by atoms with Crippen LogP contribution in [0, 0.1) is 0 Å². The second-order valence-electron chi connectivity index (χ2n) is 10.2. The number of ether oxygens (including phenoxy) is 1. The molecule has 2 N–H and O–H groups in total. The van der Waals surface area contributed by atoms with Gasteiger partial charge in [0.25, 0.3) is 0 Å². The fourth-order valence-electron chi connectivity index (χ4n) is 4.68. The minimum Gasteiger partial charge on any atom is -0.492 e. The number of anilines is 1. The van der Waals surface area contributed by atoms with Crippen LogP contribution in [0.5, 0.6) is 5.75 Å². The quantitative estimate of drug-likeness (QED) is 0.100. The minimum atomic E-state index is -0.140. The molecule has 0 spiro atoms. The predicted molar refractivity (Wildman–Crippen MR) is 187 cm³/mol. The van der Waals surface area contributed by atoms with Gasteiger partial charge in [0.2, 0.25) is 11.8 Å². The number of nitrogens with zero attached hydrogens (tertiary/aromatic N) is 4. The molecular formula is C33H29ClN6O3S3. The summed E-state index contributed by atoms with van der Waals surface area (Å²) in [7, 11) is 1.93. The van der Waals surface area contributed by atoms with Gasteiger partial charge in [-0.2, -0.15) is 0 Å². The predicted octanol–water partition coefficient (Wildman–Crippen LogP) is 6.84. The average Bonchev–Trinajstić information content (AvgIpc) is 3.64. The van der Waals surface area contributed by atoms with Gasteiger partial charge in [-0.15, -0.1) is 21.5 Å². The fraction of sp³-hybridized carbons (Fsp3) is 0.182. The summed E-state index contributed by atoms with van der Waals surface area (Å²) in [5.74, 6) is 1.74. The molecule has 0 aliphatic rings. The van der Waals surface area contributed by atoms with E-state index in [0.717, 1.165) is 20.4 Å². The van der Waals surface area contributed by atoms with Gasteiger partial charge in [0.05, 0.1) is 28.3 Å². The number of thioether (sulfide) groups is 2. The van der Waals surface area contributed by atoms with Gasteiger partial charge in [0.1, 0.15) is 18.2 Å². The monoisotopic (exact) mass is 688 g/mol. The zero-order valence-electron chi connectivity index (χ0n) is 24.7. The molecule has 9 nitrogen and oxygen atoms in total. The zero-order valence-corrected chi connectivity index (χ0v) is 27.9. The first-order valence-electron chi connectivity index (χ1n) is 14.4. The van der Waals surface area contributed by atoms with E-state index >= 15 is 0 Å². The first kappa shape index (κ1) is 31.9. The van der Waals surface area contributed by atoms with Crippen LogP contribution in [0.25, 0.3) is 21.0 Å². The SMILES string of the molecule is Cn1c(Cc2cccc3ccccc23)nnc1SCC(=O)Nc1ccc2nc(SCC(=O)NCCOc3ccc(Cl)cc3)sc2c1. The molecule has 4 aromatic carbocycles. The molecular weight excluding hydrogens is 660 g/mol. The van der Waals surface area contributed by atoms with Crippen molar-refractivity contribution in [1.29, 1.82) is 0 Å². The van der Waals surface area contributed by atoms with Crippen molar-refractivity contribution < 1.29 is 14.3 Å². The van der Waals surface area contributed by atoms with Gasteiger partial charge < -0.3 is 19.9 Å². The molecule has 0 bridgehead atoms. The number of benzene rings is 4. The molecule has 0 fully saturated rings. The van der Waals surface area contributed by atoms with E-state index in [0.29, 0.717) is 41.2 Å². The summed E-state index contributed by atoms with van der Waals surface area (Å²) in [6.45, 7) is 0.754. The van der Waals surface area contributed by atoms with Crippen LogP contribution < -0.4 is 15.4 Å². The van der Waals surface area contributed by atoms with Crippen LogP contribution >= 0.6 is 46.5 Å². The number of fused-ring (bicyclic) bond motifs is 2. The number of thiazole rings is 1. The maximum atomic E-state index is 12.8. The van der Waals surface area contributed by atoms with Crippen LogP contribution in [0.1, 0.15) is 11.4 Å². The molecule has 0 radical (unpaired) electrons. The topological polar surface area (TPSA) is 111 Å². The van der Waals surface area contributed by atoms with Gasteiger partial charge in [0.15, 0.2) is 9.50 Å². The summed E-state index contributed by atoms with van der Waals surface area (Å²) >= 11 is 10.1. The first-order chi connectivity index (χ1) is 22.4. The molecule has 2 amide bonds. The highest BCUT2D eigenvalue weighted by Crippen LogP contribution is 2.31. The summed E-state index contributed by atoms with van der Waals surface area (Å²) in [5.41, 5.74) is 2.68. The Morgan fingerprint density at radius 1 is 0.935 bits per heavy atom. The molecule has 0 saturated carbocycles. The fourth-order valence-corrected chi connectivity index (χ4v) is 7.47. The molecule has 0 unspecified atom stereocenters. The zero-order chi connectivity index (χ0) is 31.9. The van der Waals surface area contributed by atoms with Crippen molar-refractivity contribution in [2.45, 2.75) is 15.9 Å². The third kappa shape index (κ3) is 8.18. The second kappa shape index (κ2) is 15.0. The number of hydrogen-bond acceptors (Lipinski definition) is 9. The number of carbonyl (C=O) groups is 2. The van der Waals surface area contributed by atoms with Gasteiger partial charge in [0, 0.05) is 24.2 Å². The van der Waals surface area contributed by atoms with Gasteiger partial charge in [-0.25, -0.2) is 4.98 Å². The van der Waals surface area contributed by atoms with Crippen LogP contribution in [-0.2, 0) is 23.1 Å². The Kier molecular flexibility index (Phi) is 10.4. The van der Waals surface area contributed by atoms with E-state index in [-0.39, 0.29) is 23.3 Å². The molecule has 6 aromatic rings. The van der Waals surface area contributed by atoms with Crippen molar-refractivity contribution in [3.63, 3.8) is 0 Å². The Labute approximate surface area is 283 Å². The van der Waals surface area contributed by atoms with Crippen molar-refractivity contribution in [3.8, 4) is 5.75 Å². The number of aromatic nitrogens is 4. The lowest BCUT2D eigenvalue weighted by atomic mass is 10.0. The summed E-state index contributed by atoms with van der Waals surface area (Å²) in [6, 6.07) is 27.2. The van der Waals surface area contributed by atoms with Crippen molar-refractivity contribution in [3.05, 3.63) is 101 Å². The largest absolute Gasteiger partial charge is 0.492 e. The molecule has 2 aromatic heterocycles. The third-order valence-corrected chi connectivity index (χ3v) is 10.4. The molecule has 0 aliphatic carbocycles. The lowest BCUT2D eigenvalue weighted by molar-refractivity contribution is -0.118. The number of amides is 2. The average molecular weight is 689 g/mol. The summed E-state index contributed by atoms with van der Waals surface area (Å²) in [6.07, 6.45) is 0.650. The highest BCUT2D eigenvalue weighted by Gasteiger charge is 2.14. The lowest BCUT2D eigenvalue weighted by Crippen LogP contribution is -2.29. The van der Waals surface area contributed by atoms with Crippen molar-refractivity contribution >= 4 is 85.0 Å². The number of halogens is 1. The van der Waals surface area contributed by atoms with Gasteiger partial charge >= 0.3 is 0 Å². The van der Waals surface area contributed by atoms with E-state index in [4.69, 9.17) is 16.3 Å². The number of hydrogen-bond donors (Lipinski definition) is 2. The van der Waals surface area contributed by atoms with Crippen molar-refractivity contribution in [1.82, 2.24) is 25.1 Å². The van der Waals surface area contributed by atoms with E-state index in [2.05, 4.69) is 56.1 Å². The second-order valence-corrected chi connectivity index (χ2v) is 13.8. The van der Waals surface area contributed by atoms with E-state index in [1.807, 2.05) is 41.9 Å². The first-order valence-corrected chi connectivity index (χ1v) is 17.5. The summed E-state index contributed by atoms with van der Waals surface area (Å²) < 4.78 is 9.25. The van der Waals surface area contributed by atoms with E-state index in [1.54, 1.807) is 24.3 Å². The molecule has 13 heteroatoms. The summed E-state index contributed by atoms with van der Waals surface area (Å²) in [5, 5.41) is 18.3. The van der Waals surface area contributed by atoms with Gasteiger partial charge in [-0.3, -0.25) is 9.59 Å². The van der Waals surface area contributed by atoms with E-state index in [1.165, 1.54) is 51.2 Å². The highest BCUT2D eigenvalue weighted by molar-refractivity contribution is 8.01. The van der Waals surface area contributed by atoms with Crippen LogP contribution in [0.3, 0.4) is 0 Å². The van der Waals surface area contributed by atoms with Gasteiger partial charge in [-0.05, 0) is 58.8 Å². The number of nitrogens with one attached hydrogen (secondary N) is 2. The number of carbonyl (C=O) groups excluding carboxylic acids is 2. The maximum absolute atomic E-state index is 12.8. The Morgan fingerprint density at radius 3 is 2.61 bits per heavy atom. The van der Waals surface area contributed by atoms with E-state index < -0.39 is 0 Å². The van der Waals surface area contributed by atoms with Crippen LogP contribution in [-0.4, -0.2) is 56.2 Å². The van der Waals surface area contributed by atoms with Crippen LogP contribution in [0.4, 0.5) is 5.69 Å². The maximum Gasteiger partial charge on any atom is 0.234 e. The van der Waals surface area contributed by atoms with Crippen molar-refractivity contribution in [2.24, 2.45) is 7.05 Å². The van der Waals surface area contributed by atoms with E-state index in [9.17, 15) is 9.59 Å². The highest BCUT2D eigenvalue weighted by atomic mass is 35.5. The lowest BCUT2D eigenvalue weighted by Gasteiger charge is -2.07. The molecule has 0 aliphatic heterocycles. The Morgan fingerprint density at radius 2 is 1.74 bits per heavy atom. The van der Waals surface area contributed by atoms with Crippen molar-refractivity contribution in [2.75, 3.05) is 30.0 Å². The third-order valence-electron chi connectivity index (χ3n) is 6.97. The minimum absolute atomic E-state index is 0.0991.